The summed E-state index contributed by atoms with van der Waals surface area (Å²) in [6, 6.07) is 11.7. The van der Waals surface area contributed by atoms with Crippen LogP contribution in [-0.2, 0) is 25.7 Å². The van der Waals surface area contributed by atoms with Crippen molar-refractivity contribution in [3.63, 3.8) is 0 Å². The Morgan fingerprint density at radius 2 is 0.529 bits per heavy atom. The molecule has 0 radical (unpaired) electrons. The number of amides is 8. The van der Waals surface area contributed by atoms with Crippen LogP contribution in [0.4, 0.5) is 41.9 Å². The Balaban J connectivity index is 1.94. The molecule has 8 amide bonds. The van der Waals surface area contributed by atoms with Crippen molar-refractivity contribution >= 4 is 46.9 Å². The number of carbonyl (C=O) groups excluding carboxylic acids is 4. The molecule has 5 rings (SSSR count). The second-order valence-electron chi connectivity index (χ2n) is 17.4. The van der Waals surface area contributed by atoms with E-state index in [1.165, 1.54) is 0 Å². The third kappa shape index (κ3) is 15.6. The minimum atomic E-state index is -0.746. The molecule has 0 atom stereocenters. The molecule has 16 heteroatoms. The minimum Gasteiger partial charge on any atom is -0.493 e. The SMILES string of the molecule is CCCCCOc1c2cc(NC(N)=O)cc1Cc1cc(NC(N)=O)cc(c1OCCCCC)Cc1cc(NC(N)=O)cc(c1OCCCCC)Cc1cc(NC(N)=O)cc(c1OCCCCC)C2. The largest absolute Gasteiger partial charge is 0.493 e. The summed E-state index contributed by atoms with van der Waals surface area (Å²) >= 11 is 0. The molecule has 0 aromatic heterocycles. The average molecular weight is 937 g/mol. The van der Waals surface area contributed by atoms with Crippen LogP contribution in [0.25, 0.3) is 0 Å². The predicted octanol–water partition coefficient (Wildman–Crippen LogP) is 10.6. The normalized spacial score (nSPS) is 11.8. The van der Waals surface area contributed by atoms with E-state index in [0.29, 0.717) is 117 Å². The van der Waals surface area contributed by atoms with Crippen LogP contribution in [0.3, 0.4) is 0 Å². The smallest absolute Gasteiger partial charge is 0.316 e. The number of benzene rings is 4. The first kappa shape index (κ1) is 52.1. The third-order valence-electron chi connectivity index (χ3n) is 11.5. The number of primary amides is 4. The van der Waals surface area contributed by atoms with Gasteiger partial charge in [0.2, 0.25) is 0 Å². The van der Waals surface area contributed by atoms with Gasteiger partial charge in [-0.3, -0.25) is 0 Å². The number of hydrogen-bond donors (Lipinski definition) is 8. The number of carbonyl (C=O) groups is 4. The fourth-order valence-corrected chi connectivity index (χ4v) is 8.59. The average Bonchev–Trinajstić information content (AvgIpc) is 3.26. The number of unbranched alkanes of at least 4 members (excludes halogenated alkanes) is 8. The topological polar surface area (TPSA) is 257 Å². The van der Waals surface area contributed by atoms with Crippen molar-refractivity contribution in [2.24, 2.45) is 22.9 Å². The van der Waals surface area contributed by atoms with Gasteiger partial charge >= 0.3 is 24.1 Å². The van der Waals surface area contributed by atoms with E-state index in [-0.39, 0.29) is 25.7 Å². The van der Waals surface area contributed by atoms with Gasteiger partial charge in [0.15, 0.2) is 0 Å². The molecule has 16 nitrogen and oxygen atoms in total. The van der Waals surface area contributed by atoms with E-state index in [2.05, 4.69) is 49.0 Å². The van der Waals surface area contributed by atoms with E-state index >= 15 is 0 Å². The van der Waals surface area contributed by atoms with Crippen molar-refractivity contribution in [2.45, 2.75) is 130 Å². The van der Waals surface area contributed by atoms with Crippen LogP contribution in [0.2, 0.25) is 0 Å². The van der Waals surface area contributed by atoms with Crippen LogP contribution in [-0.4, -0.2) is 50.6 Å². The number of hydrogen-bond acceptors (Lipinski definition) is 8. The molecule has 0 spiro atoms. The van der Waals surface area contributed by atoms with Crippen LogP contribution in [0.5, 0.6) is 23.0 Å². The van der Waals surface area contributed by atoms with E-state index in [4.69, 9.17) is 41.9 Å². The Morgan fingerprint density at radius 3 is 0.676 bits per heavy atom. The van der Waals surface area contributed by atoms with Crippen molar-refractivity contribution < 1.29 is 38.1 Å². The van der Waals surface area contributed by atoms with Gasteiger partial charge in [-0.1, -0.05) is 79.1 Å². The molecule has 0 saturated heterocycles. The fraction of sp³-hybridized carbons (Fsp3) is 0.462. The summed E-state index contributed by atoms with van der Waals surface area (Å²) in [5.41, 5.74) is 30.5. The van der Waals surface area contributed by atoms with E-state index in [0.717, 1.165) is 77.0 Å². The van der Waals surface area contributed by atoms with Gasteiger partial charge in [0.1, 0.15) is 23.0 Å². The summed E-state index contributed by atoms with van der Waals surface area (Å²) in [4.78, 5) is 50.3. The molecular formula is C52H72N8O8. The molecule has 1 aliphatic rings. The van der Waals surface area contributed by atoms with Crippen molar-refractivity contribution in [3.05, 3.63) is 93.0 Å². The maximum Gasteiger partial charge on any atom is 0.316 e. The summed E-state index contributed by atoms with van der Waals surface area (Å²) < 4.78 is 27.2. The van der Waals surface area contributed by atoms with Gasteiger partial charge in [0.05, 0.1) is 26.4 Å². The molecule has 12 N–H and O–H groups in total. The number of rotatable bonds is 24. The van der Waals surface area contributed by atoms with Crippen LogP contribution >= 0.6 is 0 Å². The van der Waals surface area contributed by atoms with E-state index in [1.807, 2.05) is 48.5 Å². The molecule has 8 bridgehead atoms. The lowest BCUT2D eigenvalue weighted by Crippen LogP contribution is -2.21. The number of fused-ring (bicyclic) bond motifs is 8. The number of nitrogens with one attached hydrogen (secondary N) is 4. The van der Waals surface area contributed by atoms with Gasteiger partial charge in [-0.2, -0.15) is 0 Å². The molecule has 368 valence electrons. The summed E-state index contributed by atoms with van der Waals surface area (Å²) in [7, 11) is 0. The molecular weight excluding hydrogens is 865 g/mol. The lowest BCUT2D eigenvalue weighted by Gasteiger charge is -2.25. The Bertz CT molecular complexity index is 1950. The molecule has 1 aliphatic carbocycles. The lowest BCUT2D eigenvalue weighted by atomic mass is 9.90. The van der Waals surface area contributed by atoms with Gasteiger partial charge in [-0.25, -0.2) is 19.2 Å². The van der Waals surface area contributed by atoms with Gasteiger partial charge in [-0.05, 0) is 74.2 Å². The molecule has 68 heavy (non-hydrogen) atoms. The number of nitrogens with two attached hydrogens (primary N) is 4. The standard InChI is InChI=1S/C52H72N8O8/c1-5-9-13-17-65-45-33-21-35-27-42(58-50(54)62)29-37(46(35)66-18-14-10-6-2)23-39-31-44(60-52(56)64)32-40(48(39)68-20-16-12-8-4)24-38-30-43(59-51(55)63)28-36(47(38)67-19-15-11-7-3)22-34(45)26-41(25-33)57-49(53)61/h25-32H,5-24H2,1-4H3,(H3,53,57,61)(H3,54,58,62)(H3,55,59,63)(H3,56,60,64). The quantitative estimate of drug-likeness (QED) is 0.0275. The molecule has 4 aromatic carbocycles. The third-order valence-corrected chi connectivity index (χ3v) is 11.5. The zero-order valence-corrected chi connectivity index (χ0v) is 40.3. The number of urea groups is 4. The summed E-state index contributed by atoms with van der Waals surface area (Å²) in [5, 5.41) is 11.2. The Morgan fingerprint density at radius 1 is 0.353 bits per heavy atom. The monoisotopic (exact) mass is 937 g/mol. The van der Waals surface area contributed by atoms with Crippen molar-refractivity contribution in [2.75, 3.05) is 47.7 Å². The molecule has 0 unspecified atom stereocenters. The van der Waals surface area contributed by atoms with Crippen molar-refractivity contribution in [3.8, 4) is 23.0 Å². The maximum absolute atomic E-state index is 12.6. The number of anilines is 4. The van der Waals surface area contributed by atoms with E-state index < -0.39 is 24.1 Å². The highest BCUT2D eigenvalue weighted by Gasteiger charge is 2.25. The second-order valence-corrected chi connectivity index (χ2v) is 17.4. The first-order valence-corrected chi connectivity index (χ1v) is 24.2. The van der Waals surface area contributed by atoms with Crippen molar-refractivity contribution in [1.82, 2.24) is 0 Å². The lowest BCUT2D eigenvalue weighted by molar-refractivity contribution is 0.258. The minimum absolute atomic E-state index is 0.221. The maximum atomic E-state index is 12.6. The number of ether oxygens (including phenoxy) is 4. The Labute approximate surface area is 400 Å². The summed E-state index contributed by atoms with van der Waals surface area (Å²) in [6.07, 6.45) is 11.8. The predicted molar refractivity (Wildman–Crippen MR) is 270 cm³/mol. The van der Waals surface area contributed by atoms with Crippen LogP contribution in [0.15, 0.2) is 48.5 Å². The fourth-order valence-electron chi connectivity index (χ4n) is 8.59. The molecule has 0 saturated carbocycles. The molecule has 0 aliphatic heterocycles. The molecule has 4 aromatic rings. The molecule has 0 fully saturated rings. The van der Waals surface area contributed by atoms with Crippen LogP contribution < -0.4 is 63.1 Å². The zero-order valence-electron chi connectivity index (χ0n) is 40.3. The van der Waals surface area contributed by atoms with Crippen LogP contribution in [0, 0.1) is 0 Å². The van der Waals surface area contributed by atoms with E-state index in [9.17, 15) is 19.2 Å². The Kier molecular flexibility index (Phi) is 20.3. The van der Waals surface area contributed by atoms with Gasteiger partial charge in [-0.15, -0.1) is 0 Å². The zero-order chi connectivity index (χ0) is 49.0. The highest BCUT2D eigenvalue weighted by molar-refractivity contribution is 5.91. The van der Waals surface area contributed by atoms with Gasteiger partial charge in [0.25, 0.3) is 0 Å². The molecule has 0 heterocycles. The first-order chi connectivity index (χ1) is 32.8. The first-order valence-electron chi connectivity index (χ1n) is 24.2. The highest BCUT2D eigenvalue weighted by Crippen LogP contribution is 2.43. The highest BCUT2D eigenvalue weighted by atomic mass is 16.5. The van der Waals surface area contributed by atoms with E-state index in [1.54, 1.807) is 0 Å². The van der Waals surface area contributed by atoms with Crippen molar-refractivity contribution in [1.29, 1.82) is 0 Å². The summed E-state index contributed by atoms with van der Waals surface area (Å²) in [6.45, 7) is 10.2. The van der Waals surface area contributed by atoms with Gasteiger partial charge < -0.3 is 63.1 Å². The van der Waals surface area contributed by atoms with Crippen LogP contribution in [0.1, 0.15) is 149 Å². The Hall–Kier alpha value is -6.84. The van der Waals surface area contributed by atoms with Gasteiger partial charge in [0, 0.05) is 92.9 Å². The summed E-state index contributed by atoms with van der Waals surface area (Å²) in [5.74, 6) is 2.38. The second kappa shape index (κ2) is 26.5.